The van der Waals surface area contributed by atoms with E-state index in [1.807, 2.05) is 18.2 Å². The van der Waals surface area contributed by atoms with Crippen LogP contribution >= 0.6 is 0 Å². The molecular weight excluding hydrogens is 240 g/mol. The van der Waals surface area contributed by atoms with Crippen molar-refractivity contribution in [1.82, 2.24) is 20.6 Å². The highest BCUT2D eigenvalue weighted by Crippen LogP contribution is 2.10. The quantitative estimate of drug-likeness (QED) is 0.608. The van der Waals surface area contributed by atoms with Crippen molar-refractivity contribution in [3.63, 3.8) is 0 Å². The molecule has 1 aromatic heterocycles. The zero-order chi connectivity index (χ0) is 13.1. The molecule has 0 radical (unpaired) electrons. The number of hydrogen-bond acceptors (Lipinski definition) is 3. The predicted octanol–water partition coefficient (Wildman–Crippen LogP) is 1.09. The largest absolute Gasteiger partial charge is 0.323 e. The van der Waals surface area contributed by atoms with Crippen molar-refractivity contribution in [2.45, 2.75) is 31.8 Å². The van der Waals surface area contributed by atoms with Gasteiger partial charge in [0.15, 0.2) is 0 Å². The van der Waals surface area contributed by atoms with E-state index < -0.39 is 0 Å². The Morgan fingerprint density at radius 1 is 1.26 bits per heavy atom. The van der Waals surface area contributed by atoms with Gasteiger partial charge in [0.05, 0.1) is 11.0 Å². The fraction of sp³-hybridized carbons (Fsp3) is 0.500. The summed E-state index contributed by atoms with van der Waals surface area (Å²) in [5.41, 5.74) is 2.79. The molecule has 1 aliphatic rings. The number of benzene rings is 1. The van der Waals surface area contributed by atoms with Crippen molar-refractivity contribution in [3.8, 4) is 0 Å². The molecule has 1 aromatic carbocycles. The van der Waals surface area contributed by atoms with Crippen molar-refractivity contribution >= 4 is 11.0 Å². The Morgan fingerprint density at radius 2 is 2.16 bits per heavy atom. The topological polar surface area (TPSA) is 72.7 Å². The van der Waals surface area contributed by atoms with E-state index in [4.69, 9.17) is 0 Å². The first-order valence-electron chi connectivity index (χ1n) is 6.96. The van der Waals surface area contributed by atoms with E-state index in [0.29, 0.717) is 6.04 Å². The molecule has 19 heavy (non-hydrogen) atoms. The normalized spacial score (nSPS) is 19.3. The minimum absolute atomic E-state index is 0.146. The third-order valence-electron chi connectivity index (χ3n) is 3.74. The molecule has 0 amide bonds. The Labute approximate surface area is 111 Å². The van der Waals surface area contributed by atoms with Gasteiger partial charge in [-0.3, -0.25) is 0 Å². The van der Waals surface area contributed by atoms with E-state index in [2.05, 4.69) is 20.6 Å². The molecule has 0 bridgehead atoms. The lowest BCUT2D eigenvalue weighted by Gasteiger charge is -2.10. The SMILES string of the molecule is O=c1[nH]c2ccc(CNCCC3CCCN3)cc2[nH]1. The van der Waals surface area contributed by atoms with Crippen LogP contribution in [0, 0.1) is 0 Å². The first-order chi connectivity index (χ1) is 9.31. The fourth-order valence-electron chi connectivity index (χ4n) is 2.70. The standard InChI is InChI=1S/C14H20N4O/c19-14-17-12-4-3-10(8-13(12)18-14)9-15-7-5-11-2-1-6-16-11/h3-4,8,11,15-16H,1-2,5-7,9H2,(H2,17,18,19). The number of aromatic amines is 2. The highest BCUT2D eigenvalue weighted by molar-refractivity contribution is 5.74. The summed E-state index contributed by atoms with van der Waals surface area (Å²) in [6, 6.07) is 6.71. The average Bonchev–Trinajstić information content (AvgIpc) is 3.02. The molecule has 5 nitrogen and oxygen atoms in total. The molecular formula is C14H20N4O. The van der Waals surface area contributed by atoms with E-state index in [0.717, 1.165) is 24.1 Å². The first kappa shape index (κ1) is 12.4. The molecule has 2 heterocycles. The fourth-order valence-corrected chi connectivity index (χ4v) is 2.70. The second kappa shape index (κ2) is 5.59. The smallest absolute Gasteiger partial charge is 0.314 e. The lowest BCUT2D eigenvalue weighted by Crippen LogP contribution is -2.26. The van der Waals surface area contributed by atoms with E-state index in [9.17, 15) is 4.79 Å². The summed E-state index contributed by atoms with van der Waals surface area (Å²) >= 11 is 0. The Kier molecular flexibility index (Phi) is 3.66. The highest BCUT2D eigenvalue weighted by atomic mass is 16.1. The Morgan fingerprint density at radius 3 is 3.00 bits per heavy atom. The molecule has 5 heteroatoms. The summed E-state index contributed by atoms with van der Waals surface area (Å²) in [6.07, 6.45) is 3.80. The molecule has 0 aliphatic carbocycles. The Bertz CT molecular complexity index is 595. The number of imidazole rings is 1. The van der Waals surface area contributed by atoms with Crippen LogP contribution in [0.5, 0.6) is 0 Å². The molecule has 102 valence electrons. The zero-order valence-electron chi connectivity index (χ0n) is 11.0. The van der Waals surface area contributed by atoms with Gasteiger partial charge in [0.25, 0.3) is 0 Å². The molecule has 1 atom stereocenters. The molecule has 0 saturated carbocycles. The van der Waals surface area contributed by atoms with Crippen LogP contribution in [0.15, 0.2) is 23.0 Å². The average molecular weight is 260 g/mol. The summed E-state index contributed by atoms with van der Waals surface area (Å²) in [5, 5.41) is 6.96. The molecule has 1 aliphatic heterocycles. The highest BCUT2D eigenvalue weighted by Gasteiger charge is 2.12. The van der Waals surface area contributed by atoms with Gasteiger partial charge in [-0.05, 0) is 50.0 Å². The number of aromatic nitrogens is 2. The van der Waals surface area contributed by atoms with Gasteiger partial charge in [-0.1, -0.05) is 6.07 Å². The summed E-state index contributed by atoms with van der Waals surface area (Å²) in [7, 11) is 0. The lowest BCUT2D eigenvalue weighted by atomic mass is 10.1. The maximum Gasteiger partial charge on any atom is 0.323 e. The molecule has 1 saturated heterocycles. The zero-order valence-corrected chi connectivity index (χ0v) is 11.0. The Hall–Kier alpha value is -1.59. The molecule has 3 rings (SSSR count). The first-order valence-corrected chi connectivity index (χ1v) is 6.96. The van der Waals surface area contributed by atoms with Crippen LogP contribution < -0.4 is 16.3 Å². The number of rotatable bonds is 5. The van der Waals surface area contributed by atoms with E-state index in [1.54, 1.807) is 0 Å². The van der Waals surface area contributed by atoms with Gasteiger partial charge in [-0.15, -0.1) is 0 Å². The third kappa shape index (κ3) is 3.05. The van der Waals surface area contributed by atoms with Crippen molar-refractivity contribution in [1.29, 1.82) is 0 Å². The van der Waals surface area contributed by atoms with Crippen LogP contribution in [0.1, 0.15) is 24.8 Å². The van der Waals surface area contributed by atoms with Gasteiger partial charge in [-0.25, -0.2) is 4.79 Å². The molecule has 1 unspecified atom stereocenters. The van der Waals surface area contributed by atoms with Crippen molar-refractivity contribution in [3.05, 3.63) is 34.2 Å². The van der Waals surface area contributed by atoms with Crippen LogP contribution in [0.3, 0.4) is 0 Å². The van der Waals surface area contributed by atoms with Gasteiger partial charge < -0.3 is 20.6 Å². The van der Waals surface area contributed by atoms with E-state index in [1.165, 1.54) is 31.4 Å². The number of H-pyrrole nitrogens is 2. The second-order valence-corrected chi connectivity index (χ2v) is 5.22. The summed E-state index contributed by atoms with van der Waals surface area (Å²) in [4.78, 5) is 16.7. The molecule has 1 fully saturated rings. The summed E-state index contributed by atoms with van der Waals surface area (Å²) < 4.78 is 0. The van der Waals surface area contributed by atoms with Gasteiger partial charge in [0.2, 0.25) is 0 Å². The minimum atomic E-state index is -0.146. The van der Waals surface area contributed by atoms with Crippen LogP contribution in [-0.4, -0.2) is 29.1 Å². The van der Waals surface area contributed by atoms with Gasteiger partial charge in [-0.2, -0.15) is 0 Å². The summed E-state index contributed by atoms with van der Waals surface area (Å²) in [5.74, 6) is 0. The van der Waals surface area contributed by atoms with Crippen molar-refractivity contribution in [2.75, 3.05) is 13.1 Å². The van der Waals surface area contributed by atoms with Crippen LogP contribution in [-0.2, 0) is 6.54 Å². The van der Waals surface area contributed by atoms with Gasteiger partial charge in [0, 0.05) is 12.6 Å². The molecule has 2 aromatic rings. The Balaban J connectivity index is 1.51. The number of fused-ring (bicyclic) bond motifs is 1. The van der Waals surface area contributed by atoms with Crippen LogP contribution in [0.4, 0.5) is 0 Å². The van der Waals surface area contributed by atoms with Crippen molar-refractivity contribution < 1.29 is 0 Å². The second-order valence-electron chi connectivity index (χ2n) is 5.22. The minimum Gasteiger partial charge on any atom is -0.314 e. The monoisotopic (exact) mass is 260 g/mol. The third-order valence-corrected chi connectivity index (χ3v) is 3.74. The maximum absolute atomic E-state index is 11.2. The van der Waals surface area contributed by atoms with E-state index >= 15 is 0 Å². The van der Waals surface area contributed by atoms with Crippen LogP contribution in [0.25, 0.3) is 11.0 Å². The van der Waals surface area contributed by atoms with Gasteiger partial charge >= 0.3 is 5.69 Å². The number of hydrogen-bond donors (Lipinski definition) is 4. The molecule has 4 N–H and O–H groups in total. The van der Waals surface area contributed by atoms with Gasteiger partial charge in [0.1, 0.15) is 0 Å². The van der Waals surface area contributed by atoms with Crippen molar-refractivity contribution in [2.24, 2.45) is 0 Å². The van der Waals surface area contributed by atoms with Crippen LogP contribution in [0.2, 0.25) is 0 Å². The predicted molar refractivity (Wildman–Crippen MR) is 76.3 cm³/mol. The maximum atomic E-state index is 11.2. The number of nitrogens with one attached hydrogen (secondary N) is 4. The summed E-state index contributed by atoms with van der Waals surface area (Å²) in [6.45, 7) is 3.04. The molecule has 0 spiro atoms. The van der Waals surface area contributed by atoms with E-state index in [-0.39, 0.29) is 5.69 Å². The lowest BCUT2D eigenvalue weighted by molar-refractivity contribution is 0.523.